The van der Waals surface area contributed by atoms with Gasteiger partial charge in [-0.15, -0.1) is 0 Å². The fraction of sp³-hybridized carbons (Fsp3) is 0.571. The Morgan fingerprint density at radius 2 is 2.42 bits per heavy atom. The second-order valence-electron chi connectivity index (χ2n) is 5.12. The summed E-state index contributed by atoms with van der Waals surface area (Å²) in [6.07, 6.45) is 5.24. The summed E-state index contributed by atoms with van der Waals surface area (Å²) >= 11 is 0. The number of nitrogens with zero attached hydrogens (tertiary/aromatic N) is 1. The molecule has 1 aromatic heterocycles. The minimum Gasteiger partial charge on any atom is -0.383 e. The summed E-state index contributed by atoms with van der Waals surface area (Å²) in [5.74, 6) is -0.0775. The lowest BCUT2D eigenvalue weighted by Crippen LogP contribution is -2.51. The van der Waals surface area contributed by atoms with Crippen LogP contribution < -0.4 is 10.6 Å². The van der Waals surface area contributed by atoms with Gasteiger partial charge in [-0.3, -0.25) is 9.78 Å². The number of carbonyl (C=O) groups excluding carboxylic acids is 1. The van der Waals surface area contributed by atoms with Crippen LogP contribution in [0.1, 0.15) is 37.0 Å². The quantitative estimate of drug-likeness (QED) is 0.869. The van der Waals surface area contributed by atoms with E-state index in [1.807, 2.05) is 13.8 Å². The molecule has 2 rings (SSSR count). The normalized spacial score (nSPS) is 22.8. The Morgan fingerprint density at radius 3 is 3.11 bits per heavy atom. The molecule has 1 amide bonds. The molecule has 104 valence electrons. The van der Waals surface area contributed by atoms with E-state index in [9.17, 15) is 4.79 Å². The Bertz CT molecular complexity index is 442. The van der Waals surface area contributed by atoms with Gasteiger partial charge in [-0.1, -0.05) is 0 Å². The molecule has 1 aliphatic rings. The highest BCUT2D eigenvalue weighted by atomic mass is 16.5. The summed E-state index contributed by atoms with van der Waals surface area (Å²) in [5.41, 5.74) is 1.12. The summed E-state index contributed by atoms with van der Waals surface area (Å²) < 4.78 is 5.46. The molecule has 1 saturated heterocycles. The highest BCUT2D eigenvalue weighted by Crippen LogP contribution is 2.20. The lowest BCUT2D eigenvalue weighted by atomic mass is 9.94. The SMILES string of the molecule is CCNc1cnccc1C(=O)NC1(C)CCCOC1. The van der Waals surface area contributed by atoms with E-state index in [2.05, 4.69) is 15.6 Å². The third-order valence-electron chi connectivity index (χ3n) is 3.29. The van der Waals surface area contributed by atoms with Gasteiger partial charge in [-0.25, -0.2) is 0 Å². The fourth-order valence-electron chi connectivity index (χ4n) is 2.30. The van der Waals surface area contributed by atoms with Crippen molar-refractivity contribution < 1.29 is 9.53 Å². The minimum atomic E-state index is -0.276. The van der Waals surface area contributed by atoms with Crippen molar-refractivity contribution in [3.63, 3.8) is 0 Å². The second-order valence-corrected chi connectivity index (χ2v) is 5.12. The molecular weight excluding hydrogens is 242 g/mol. The van der Waals surface area contributed by atoms with Gasteiger partial charge in [0.15, 0.2) is 0 Å². The molecule has 0 spiro atoms. The van der Waals surface area contributed by atoms with Crippen LogP contribution in [-0.4, -0.2) is 36.2 Å². The zero-order valence-electron chi connectivity index (χ0n) is 11.5. The lowest BCUT2D eigenvalue weighted by Gasteiger charge is -2.34. The number of nitrogens with one attached hydrogen (secondary N) is 2. The van der Waals surface area contributed by atoms with Crippen LogP contribution in [0.4, 0.5) is 5.69 Å². The molecule has 5 heteroatoms. The van der Waals surface area contributed by atoms with Crippen molar-refractivity contribution in [2.24, 2.45) is 0 Å². The first-order valence-electron chi connectivity index (χ1n) is 6.73. The molecule has 1 atom stereocenters. The maximum atomic E-state index is 12.4. The molecule has 0 radical (unpaired) electrons. The van der Waals surface area contributed by atoms with Crippen molar-refractivity contribution in [3.8, 4) is 0 Å². The van der Waals surface area contributed by atoms with Gasteiger partial charge < -0.3 is 15.4 Å². The molecule has 1 unspecified atom stereocenters. The van der Waals surface area contributed by atoms with Crippen molar-refractivity contribution in [1.82, 2.24) is 10.3 Å². The number of hydrogen-bond acceptors (Lipinski definition) is 4. The van der Waals surface area contributed by atoms with E-state index >= 15 is 0 Å². The molecule has 2 N–H and O–H groups in total. The number of carbonyl (C=O) groups is 1. The highest BCUT2D eigenvalue weighted by molar-refractivity contribution is 5.99. The molecule has 0 aromatic carbocycles. The number of hydrogen-bond donors (Lipinski definition) is 2. The van der Waals surface area contributed by atoms with E-state index in [4.69, 9.17) is 4.74 Å². The fourth-order valence-corrected chi connectivity index (χ4v) is 2.30. The average molecular weight is 263 g/mol. The van der Waals surface area contributed by atoms with Crippen molar-refractivity contribution in [1.29, 1.82) is 0 Å². The maximum Gasteiger partial charge on any atom is 0.253 e. The van der Waals surface area contributed by atoms with E-state index in [-0.39, 0.29) is 11.4 Å². The largest absolute Gasteiger partial charge is 0.383 e. The molecule has 0 bridgehead atoms. The Morgan fingerprint density at radius 1 is 1.58 bits per heavy atom. The van der Waals surface area contributed by atoms with E-state index in [0.29, 0.717) is 12.2 Å². The van der Waals surface area contributed by atoms with Gasteiger partial charge in [-0.2, -0.15) is 0 Å². The third-order valence-corrected chi connectivity index (χ3v) is 3.29. The first-order valence-corrected chi connectivity index (χ1v) is 6.73. The molecule has 5 nitrogen and oxygen atoms in total. The van der Waals surface area contributed by atoms with Gasteiger partial charge >= 0.3 is 0 Å². The van der Waals surface area contributed by atoms with Crippen molar-refractivity contribution in [3.05, 3.63) is 24.0 Å². The molecule has 19 heavy (non-hydrogen) atoms. The van der Waals surface area contributed by atoms with Crippen LogP contribution in [-0.2, 0) is 4.74 Å². The van der Waals surface area contributed by atoms with Crippen LogP contribution in [0, 0.1) is 0 Å². The predicted molar refractivity (Wildman–Crippen MR) is 74.3 cm³/mol. The van der Waals surface area contributed by atoms with Gasteiger partial charge in [0, 0.05) is 19.3 Å². The molecule has 2 heterocycles. The molecule has 1 aliphatic heterocycles. The number of ether oxygens (including phenoxy) is 1. The number of amides is 1. The van der Waals surface area contributed by atoms with Crippen LogP contribution in [0.3, 0.4) is 0 Å². The van der Waals surface area contributed by atoms with E-state index in [1.165, 1.54) is 0 Å². The zero-order valence-corrected chi connectivity index (χ0v) is 11.5. The van der Waals surface area contributed by atoms with Gasteiger partial charge in [0.2, 0.25) is 0 Å². The van der Waals surface area contributed by atoms with Crippen LogP contribution in [0.2, 0.25) is 0 Å². The van der Waals surface area contributed by atoms with E-state index < -0.39 is 0 Å². The maximum absolute atomic E-state index is 12.4. The van der Waals surface area contributed by atoms with Crippen molar-refractivity contribution >= 4 is 11.6 Å². The number of rotatable bonds is 4. The smallest absolute Gasteiger partial charge is 0.253 e. The predicted octanol–water partition coefficient (Wildman–Crippen LogP) is 1.81. The van der Waals surface area contributed by atoms with Crippen LogP contribution in [0.25, 0.3) is 0 Å². The summed E-state index contributed by atoms with van der Waals surface area (Å²) in [5, 5.41) is 6.23. The summed E-state index contributed by atoms with van der Waals surface area (Å²) in [4.78, 5) is 16.4. The number of anilines is 1. The first-order chi connectivity index (χ1) is 9.14. The molecule has 0 saturated carbocycles. The number of pyridine rings is 1. The molecule has 0 aliphatic carbocycles. The topological polar surface area (TPSA) is 63.2 Å². The van der Waals surface area contributed by atoms with Crippen LogP contribution in [0.5, 0.6) is 0 Å². The van der Waals surface area contributed by atoms with E-state index in [1.54, 1.807) is 18.5 Å². The van der Waals surface area contributed by atoms with Crippen molar-refractivity contribution in [2.45, 2.75) is 32.2 Å². The summed E-state index contributed by atoms with van der Waals surface area (Å²) in [7, 11) is 0. The summed E-state index contributed by atoms with van der Waals surface area (Å²) in [6.45, 7) is 6.12. The Hall–Kier alpha value is -1.62. The van der Waals surface area contributed by atoms with Gasteiger partial charge in [0.25, 0.3) is 5.91 Å². The standard InChI is InChI=1S/C14H21N3O2/c1-3-16-12-9-15-7-5-11(12)13(18)17-14(2)6-4-8-19-10-14/h5,7,9,16H,3-4,6,8,10H2,1-2H3,(H,17,18). The molecule has 1 fully saturated rings. The number of aromatic nitrogens is 1. The second kappa shape index (κ2) is 6.02. The van der Waals surface area contributed by atoms with Gasteiger partial charge in [-0.05, 0) is 32.8 Å². The van der Waals surface area contributed by atoms with Crippen LogP contribution in [0.15, 0.2) is 18.5 Å². The van der Waals surface area contributed by atoms with Gasteiger partial charge in [0.1, 0.15) is 0 Å². The van der Waals surface area contributed by atoms with Crippen LogP contribution >= 0.6 is 0 Å². The first kappa shape index (κ1) is 13.8. The Labute approximate surface area is 113 Å². The third kappa shape index (κ3) is 3.44. The average Bonchev–Trinajstić information content (AvgIpc) is 2.40. The highest BCUT2D eigenvalue weighted by Gasteiger charge is 2.30. The van der Waals surface area contributed by atoms with E-state index in [0.717, 1.165) is 31.7 Å². The Kier molecular flexibility index (Phi) is 4.37. The zero-order chi connectivity index (χ0) is 13.7. The molecular formula is C14H21N3O2. The van der Waals surface area contributed by atoms with Crippen molar-refractivity contribution in [2.75, 3.05) is 25.1 Å². The molecule has 1 aromatic rings. The minimum absolute atomic E-state index is 0.0775. The summed E-state index contributed by atoms with van der Waals surface area (Å²) in [6, 6.07) is 1.74. The Balaban J connectivity index is 2.11. The van der Waals surface area contributed by atoms with Gasteiger partial charge in [0.05, 0.1) is 29.6 Å². The monoisotopic (exact) mass is 263 g/mol. The lowest BCUT2D eigenvalue weighted by molar-refractivity contribution is 0.0273.